The minimum Gasteiger partial charge on any atom is -0.393 e. The smallest absolute Gasteiger partial charge is 0.0571 e. The van der Waals surface area contributed by atoms with Crippen molar-refractivity contribution in [1.82, 2.24) is 10.2 Å². The summed E-state index contributed by atoms with van der Waals surface area (Å²) in [7, 11) is 0. The Morgan fingerprint density at radius 2 is 1.95 bits per heavy atom. The largest absolute Gasteiger partial charge is 0.393 e. The van der Waals surface area contributed by atoms with Gasteiger partial charge in [-0.2, -0.15) is 0 Å². The minimum atomic E-state index is -0.0538. The second-order valence-corrected chi connectivity index (χ2v) is 7.34. The van der Waals surface area contributed by atoms with Crippen LogP contribution >= 0.6 is 0 Å². The van der Waals surface area contributed by atoms with Crippen molar-refractivity contribution in [1.29, 1.82) is 0 Å². The Labute approximate surface area is 123 Å². The molecule has 1 aliphatic heterocycles. The van der Waals surface area contributed by atoms with Gasteiger partial charge in [0.1, 0.15) is 0 Å². The summed E-state index contributed by atoms with van der Waals surface area (Å²) in [5, 5.41) is 14.0. The van der Waals surface area contributed by atoms with Crippen LogP contribution in [0.1, 0.15) is 38.5 Å². The molecule has 0 radical (unpaired) electrons. The molecule has 0 amide bonds. The van der Waals surface area contributed by atoms with Crippen LogP contribution in [0.25, 0.3) is 0 Å². The first-order chi connectivity index (χ1) is 9.74. The van der Waals surface area contributed by atoms with Crippen LogP contribution in [-0.2, 0) is 0 Å². The molecular formula is C16H31N3O. The van der Waals surface area contributed by atoms with E-state index in [1.54, 1.807) is 0 Å². The van der Waals surface area contributed by atoms with Gasteiger partial charge in [0.25, 0.3) is 0 Å². The normalized spacial score (nSPS) is 33.3. The third-order valence-corrected chi connectivity index (χ3v) is 5.19. The number of nitrogens with one attached hydrogen (secondary N) is 1. The molecule has 2 aliphatic carbocycles. The van der Waals surface area contributed by atoms with Crippen LogP contribution in [0, 0.1) is 17.8 Å². The molecule has 3 rings (SSSR count). The molecular weight excluding hydrogens is 250 g/mol. The van der Waals surface area contributed by atoms with E-state index in [1.165, 1.54) is 38.6 Å². The Morgan fingerprint density at radius 3 is 2.60 bits per heavy atom. The molecule has 3 unspecified atom stereocenters. The quantitative estimate of drug-likeness (QED) is 0.616. The van der Waals surface area contributed by atoms with E-state index >= 15 is 0 Å². The number of aliphatic hydroxyl groups excluding tert-OH is 1. The molecule has 3 atom stereocenters. The highest BCUT2D eigenvalue weighted by molar-refractivity contribution is 4.89. The molecule has 0 spiro atoms. The van der Waals surface area contributed by atoms with Gasteiger partial charge < -0.3 is 21.1 Å². The first kappa shape index (κ1) is 14.8. The van der Waals surface area contributed by atoms with Gasteiger partial charge in [0.15, 0.2) is 0 Å². The van der Waals surface area contributed by atoms with Crippen molar-refractivity contribution >= 4 is 0 Å². The zero-order valence-corrected chi connectivity index (χ0v) is 12.6. The van der Waals surface area contributed by atoms with Gasteiger partial charge in [-0.1, -0.05) is 0 Å². The van der Waals surface area contributed by atoms with E-state index < -0.39 is 0 Å². The fourth-order valence-electron chi connectivity index (χ4n) is 3.66. The van der Waals surface area contributed by atoms with Crippen molar-refractivity contribution in [2.45, 2.75) is 50.7 Å². The molecule has 4 N–H and O–H groups in total. The van der Waals surface area contributed by atoms with Gasteiger partial charge in [-0.3, -0.25) is 0 Å². The lowest BCUT2D eigenvalue weighted by molar-refractivity contribution is 0.0759. The first-order valence-corrected chi connectivity index (χ1v) is 8.58. The summed E-state index contributed by atoms with van der Waals surface area (Å²) in [6.45, 7) is 5.20. The van der Waals surface area contributed by atoms with Crippen molar-refractivity contribution in [2.75, 3.05) is 32.7 Å². The molecule has 116 valence electrons. The highest BCUT2D eigenvalue weighted by atomic mass is 16.3. The number of nitrogens with zero attached hydrogens (tertiary/aromatic N) is 1. The molecule has 2 saturated carbocycles. The number of piperidine rings is 1. The molecule has 4 heteroatoms. The predicted octanol–water partition coefficient (Wildman–Crippen LogP) is 0.796. The number of hydrogen-bond acceptors (Lipinski definition) is 4. The van der Waals surface area contributed by atoms with Crippen LogP contribution in [0.15, 0.2) is 0 Å². The van der Waals surface area contributed by atoms with Crippen molar-refractivity contribution in [3.8, 4) is 0 Å². The fourth-order valence-corrected chi connectivity index (χ4v) is 3.66. The molecule has 20 heavy (non-hydrogen) atoms. The van der Waals surface area contributed by atoms with Gasteiger partial charge in [-0.15, -0.1) is 0 Å². The Bertz CT molecular complexity index is 304. The number of likely N-dealkylation sites (tertiary alicyclic amines) is 1. The maximum absolute atomic E-state index is 10.2. The number of nitrogens with two attached hydrogens (primary N) is 1. The van der Waals surface area contributed by atoms with Crippen molar-refractivity contribution < 1.29 is 5.11 Å². The van der Waals surface area contributed by atoms with Gasteiger partial charge in [0, 0.05) is 32.2 Å². The second kappa shape index (κ2) is 6.73. The zero-order valence-electron chi connectivity index (χ0n) is 12.6. The predicted molar refractivity (Wildman–Crippen MR) is 81.5 cm³/mol. The Morgan fingerprint density at radius 1 is 1.15 bits per heavy atom. The molecule has 0 aromatic rings. The highest BCUT2D eigenvalue weighted by Gasteiger charge is 2.34. The average molecular weight is 281 g/mol. The van der Waals surface area contributed by atoms with Crippen LogP contribution < -0.4 is 11.1 Å². The molecule has 4 nitrogen and oxygen atoms in total. The topological polar surface area (TPSA) is 61.5 Å². The monoisotopic (exact) mass is 281 g/mol. The average Bonchev–Trinajstić information content (AvgIpc) is 3.29. The Balaban J connectivity index is 1.48. The highest BCUT2D eigenvalue weighted by Crippen LogP contribution is 2.36. The summed E-state index contributed by atoms with van der Waals surface area (Å²) in [5.74, 6) is 2.19. The number of hydrogen-bond donors (Lipinski definition) is 3. The van der Waals surface area contributed by atoms with E-state index in [2.05, 4.69) is 10.2 Å². The summed E-state index contributed by atoms with van der Waals surface area (Å²) in [5.41, 5.74) is 5.73. The first-order valence-electron chi connectivity index (χ1n) is 8.58. The van der Waals surface area contributed by atoms with Crippen molar-refractivity contribution in [3.05, 3.63) is 0 Å². The second-order valence-electron chi connectivity index (χ2n) is 7.34. The third kappa shape index (κ3) is 4.42. The van der Waals surface area contributed by atoms with Crippen molar-refractivity contribution in [2.24, 2.45) is 23.5 Å². The third-order valence-electron chi connectivity index (χ3n) is 5.19. The van der Waals surface area contributed by atoms with Gasteiger partial charge in [-0.05, 0) is 62.8 Å². The summed E-state index contributed by atoms with van der Waals surface area (Å²) in [4.78, 5) is 2.50. The summed E-state index contributed by atoms with van der Waals surface area (Å²) >= 11 is 0. The van der Waals surface area contributed by atoms with E-state index in [9.17, 15) is 5.11 Å². The summed E-state index contributed by atoms with van der Waals surface area (Å²) in [6.07, 6.45) is 7.48. The van der Waals surface area contributed by atoms with E-state index in [1.807, 2.05) is 0 Å². The van der Waals surface area contributed by atoms with Crippen molar-refractivity contribution in [3.63, 3.8) is 0 Å². The lowest BCUT2D eigenvalue weighted by Gasteiger charge is -2.39. The summed E-state index contributed by atoms with van der Waals surface area (Å²) < 4.78 is 0. The molecule has 3 fully saturated rings. The summed E-state index contributed by atoms with van der Waals surface area (Å²) in [6, 6.07) is 0.604. The van der Waals surface area contributed by atoms with E-state index in [4.69, 9.17) is 5.73 Å². The van der Waals surface area contributed by atoms with Gasteiger partial charge in [0.2, 0.25) is 0 Å². The van der Waals surface area contributed by atoms with E-state index in [0.29, 0.717) is 17.9 Å². The van der Waals surface area contributed by atoms with Gasteiger partial charge in [-0.25, -0.2) is 0 Å². The van der Waals surface area contributed by atoms with Crippen LogP contribution in [0.2, 0.25) is 0 Å². The molecule has 1 heterocycles. The number of rotatable bonds is 8. The molecule has 1 saturated heterocycles. The number of aliphatic hydroxyl groups is 1. The lowest BCUT2D eigenvalue weighted by Crippen LogP contribution is -2.51. The van der Waals surface area contributed by atoms with Gasteiger partial charge in [0.05, 0.1) is 6.10 Å². The minimum absolute atomic E-state index is 0.0538. The molecule has 3 aliphatic rings. The van der Waals surface area contributed by atoms with E-state index in [-0.39, 0.29) is 6.10 Å². The maximum atomic E-state index is 10.2. The Kier molecular flexibility index (Phi) is 4.97. The SMILES string of the molecule is NCCN1CC(CC(O)C2CC2)CC(NCC2CC2)C1. The standard InChI is InChI=1S/C16H31N3O/c17-5-6-19-10-13(8-16(20)14-3-4-14)7-15(11-19)18-9-12-1-2-12/h12-16,18,20H,1-11,17H2. The van der Waals surface area contributed by atoms with Crippen LogP contribution in [0.3, 0.4) is 0 Å². The lowest BCUT2D eigenvalue weighted by atomic mass is 9.88. The molecule has 0 aromatic carbocycles. The zero-order chi connectivity index (χ0) is 13.9. The molecule has 0 bridgehead atoms. The van der Waals surface area contributed by atoms with Crippen LogP contribution in [-0.4, -0.2) is 54.9 Å². The fraction of sp³-hybridized carbons (Fsp3) is 1.00. The van der Waals surface area contributed by atoms with Crippen LogP contribution in [0.5, 0.6) is 0 Å². The maximum Gasteiger partial charge on any atom is 0.0571 e. The van der Waals surface area contributed by atoms with E-state index in [0.717, 1.165) is 38.5 Å². The Hall–Kier alpha value is -0.160. The van der Waals surface area contributed by atoms with Crippen LogP contribution in [0.4, 0.5) is 0 Å². The molecule has 0 aromatic heterocycles. The van der Waals surface area contributed by atoms with Gasteiger partial charge >= 0.3 is 0 Å².